The highest BCUT2D eigenvalue weighted by Crippen LogP contribution is 2.21. The average molecular weight is 413 g/mol. The van der Waals surface area contributed by atoms with Crippen LogP contribution in [0.1, 0.15) is 45.6 Å². The summed E-state index contributed by atoms with van der Waals surface area (Å²) in [5, 5.41) is 0. The Kier molecular flexibility index (Phi) is 13.7. The summed E-state index contributed by atoms with van der Waals surface area (Å²) in [6.07, 6.45) is 2.37. The first-order valence-corrected chi connectivity index (χ1v) is 9.63. The number of aryl methyl sites for hydroxylation is 1. The third-order valence-corrected chi connectivity index (χ3v) is 4.28. The molecular weight excluding hydrogens is 377 g/mol. The van der Waals surface area contributed by atoms with Crippen LogP contribution in [0.25, 0.3) is 0 Å². The Bertz CT molecular complexity index is 561. The van der Waals surface area contributed by atoms with E-state index in [1.54, 1.807) is 6.92 Å². The smallest absolute Gasteiger partial charge is 0.325 e. The highest BCUT2D eigenvalue weighted by Gasteiger charge is 2.27. The highest BCUT2D eigenvalue weighted by molar-refractivity contribution is 6.92. The molecule has 1 unspecified atom stereocenters. The first kappa shape index (κ1) is 26.5. The number of amides is 1. The van der Waals surface area contributed by atoms with Crippen molar-refractivity contribution in [1.82, 2.24) is 4.90 Å². The van der Waals surface area contributed by atoms with Crippen molar-refractivity contribution in [3.05, 3.63) is 35.9 Å². The molecule has 0 aliphatic carbocycles. The molecule has 160 valence electrons. The number of ether oxygens (including phenoxy) is 3. The Hall–Kier alpha value is -1.49. The quantitative estimate of drug-likeness (QED) is 0.559. The second kappa shape index (κ2) is 14.5. The number of likely N-dealkylation sites (tertiary alicyclic amines) is 1. The molecule has 7 heteroatoms. The van der Waals surface area contributed by atoms with Gasteiger partial charge in [0.15, 0.2) is 5.79 Å². The molecule has 2 heterocycles. The van der Waals surface area contributed by atoms with E-state index in [1.165, 1.54) is 10.5 Å². The standard InChI is InChI=1S/C8H13NO3.C7H8.C6H12O2.H3P/c1-2-12-8(11)6-9-5-3-4-7(9)10;1-7-5-3-2-4-6-7;1-3-6(2)7-4-5-8-6;/h2-6H2,1H3;2-6H,1H3;3-5H2,1-2H3;1H3. The van der Waals surface area contributed by atoms with E-state index < -0.39 is 0 Å². The van der Waals surface area contributed by atoms with Crippen molar-refractivity contribution < 1.29 is 23.8 Å². The number of carbonyl (C=O) groups is 2. The van der Waals surface area contributed by atoms with Gasteiger partial charge in [-0.3, -0.25) is 9.59 Å². The van der Waals surface area contributed by atoms with E-state index in [-0.39, 0.29) is 34.1 Å². The van der Waals surface area contributed by atoms with Crippen LogP contribution in [0, 0.1) is 6.92 Å². The lowest BCUT2D eigenvalue weighted by molar-refractivity contribution is -0.147. The van der Waals surface area contributed by atoms with Crippen molar-refractivity contribution in [3.8, 4) is 0 Å². The first-order valence-electron chi connectivity index (χ1n) is 9.63. The molecule has 0 N–H and O–H groups in total. The van der Waals surface area contributed by atoms with Gasteiger partial charge in [0.2, 0.25) is 5.91 Å². The number of rotatable bonds is 4. The zero-order valence-electron chi connectivity index (χ0n) is 17.7. The minimum atomic E-state index is -0.312. The van der Waals surface area contributed by atoms with Crippen LogP contribution >= 0.6 is 9.90 Å². The summed E-state index contributed by atoms with van der Waals surface area (Å²) in [6, 6.07) is 10.3. The maximum absolute atomic E-state index is 11.0. The van der Waals surface area contributed by atoms with Gasteiger partial charge < -0.3 is 19.1 Å². The van der Waals surface area contributed by atoms with Crippen LogP contribution in [0.4, 0.5) is 0 Å². The lowest BCUT2D eigenvalue weighted by atomic mass is 10.2. The molecule has 0 aromatic heterocycles. The van der Waals surface area contributed by atoms with Crippen molar-refractivity contribution in [2.75, 3.05) is 32.9 Å². The minimum Gasteiger partial charge on any atom is -0.465 e. The maximum atomic E-state index is 11.0. The molecule has 2 fully saturated rings. The van der Waals surface area contributed by atoms with Gasteiger partial charge in [0.1, 0.15) is 6.54 Å². The van der Waals surface area contributed by atoms with Crippen LogP contribution in [0.5, 0.6) is 0 Å². The number of benzene rings is 1. The van der Waals surface area contributed by atoms with E-state index in [9.17, 15) is 9.59 Å². The first-order chi connectivity index (χ1) is 12.9. The summed E-state index contributed by atoms with van der Waals surface area (Å²) in [5.74, 6) is -0.518. The predicted molar refractivity (Wildman–Crippen MR) is 115 cm³/mol. The van der Waals surface area contributed by atoms with Crippen molar-refractivity contribution in [1.29, 1.82) is 0 Å². The zero-order valence-corrected chi connectivity index (χ0v) is 19.2. The van der Waals surface area contributed by atoms with Gasteiger partial charge in [0, 0.05) is 13.0 Å². The molecule has 0 saturated carbocycles. The zero-order chi connectivity index (χ0) is 20.1. The fourth-order valence-electron chi connectivity index (χ4n) is 2.53. The van der Waals surface area contributed by atoms with Gasteiger partial charge in [-0.15, -0.1) is 0 Å². The van der Waals surface area contributed by atoms with Crippen LogP contribution in [-0.4, -0.2) is 55.5 Å². The fraction of sp³-hybridized carbons (Fsp3) is 0.619. The molecule has 0 radical (unpaired) electrons. The van der Waals surface area contributed by atoms with E-state index in [4.69, 9.17) is 14.2 Å². The van der Waals surface area contributed by atoms with Crippen LogP contribution < -0.4 is 0 Å². The molecule has 6 nitrogen and oxygen atoms in total. The number of carbonyl (C=O) groups excluding carboxylic acids is 2. The molecular formula is C21H36NO5P. The Morgan fingerprint density at radius 1 is 1.18 bits per heavy atom. The Morgan fingerprint density at radius 3 is 2.14 bits per heavy atom. The van der Waals surface area contributed by atoms with Crippen LogP contribution in [0.15, 0.2) is 30.3 Å². The summed E-state index contributed by atoms with van der Waals surface area (Å²) in [5.41, 5.74) is 1.32. The molecule has 0 bridgehead atoms. The minimum absolute atomic E-state index is 0. The number of hydrogen-bond acceptors (Lipinski definition) is 5. The largest absolute Gasteiger partial charge is 0.465 e. The van der Waals surface area contributed by atoms with E-state index in [0.29, 0.717) is 19.6 Å². The van der Waals surface area contributed by atoms with Crippen molar-refractivity contribution in [3.63, 3.8) is 0 Å². The summed E-state index contributed by atoms with van der Waals surface area (Å²) in [4.78, 5) is 23.5. The van der Waals surface area contributed by atoms with Crippen molar-refractivity contribution in [2.45, 2.75) is 52.7 Å². The van der Waals surface area contributed by atoms with Gasteiger partial charge >= 0.3 is 5.97 Å². The molecule has 0 spiro atoms. The van der Waals surface area contributed by atoms with Crippen molar-refractivity contribution in [2.24, 2.45) is 0 Å². The van der Waals surface area contributed by atoms with Crippen LogP contribution in [0.3, 0.4) is 0 Å². The molecule has 2 aliphatic rings. The monoisotopic (exact) mass is 413 g/mol. The van der Waals surface area contributed by atoms with E-state index >= 15 is 0 Å². The highest BCUT2D eigenvalue weighted by atomic mass is 31.0. The lowest BCUT2D eigenvalue weighted by Crippen LogP contribution is -2.31. The molecule has 1 amide bonds. The van der Waals surface area contributed by atoms with E-state index in [0.717, 1.165) is 26.1 Å². The van der Waals surface area contributed by atoms with Gasteiger partial charge in [-0.25, -0.2) is 0 Å². The van der Waals surface area contributed by atoms with E-state index in [2.05, 4.69) is 26.0 Å². The summed E-state index contributed by atoms with van der Waals surface area (Å²) in [6.45, 7) is 10.6. The van der Waals surface area contributed by atoms with Crippen LogP contribution in [-0.2, 0) is 23.8 Å². The third kappa shape index (κ3) is 10.7. The second-order valence-electron chi connectivity index (χ2n) is 6.56. The van der Waals surface area contributed by atoms with Gasteiger partial charge in [0.05, 0.1) is 19.8 Å². The van der Waals surface area contributed by atoms with Gasteiger partial charge in [0.25, 0.3) is 0 Å². The SMILES string of the molecule is CCC1(C)OCCO1.CCOC(=O)CN1CCCC1=O.Cc1ccccc1.P. The Morgan fingerprint density at radius 2 is 1.79 bits per heavy atom. The second-order valence-corrected chi connectivity index (χ2v) is 6.56. The summed E-state index contributed by atoms with van der Waals surface area (Å²) >= 11 is 0. The number of nitrogens with zero attached hydrogens (tertiary/aromatic N) is 1. The molecule has 1 aromatic rings. The van der Waals surface area contributed by atoms with Gasteiger partial charge in [-0.2, -0.15) is 9.90 Å². The normalized spacial score (nSPS) is 16.9. The van der Waals surface area contributed by atoms with Gasteiger partial charge in [-0.05, 0) is 33.6 Å². The molecule has 1 aromatic carbocycles. The molecule has 28 heavy (non-hydrogen) atoms. The molecule has 2 aliphatic heterocycles. The lowest BCUT2D eigenvalue weighted by Gasteiger charge is -2.18. The predicted octanol–water partition coefficient (Wildman–Crippen LogP) is 3.38. The Labute approximate surface area is 172 Å². The Balaban J connectivity index is 0.000000400. The average Bonchev–Trinajstić information content (AvgIpc) is 3.26. The molecule has 1 atom stereocenters. The molecule has 2 saturated heterocycles. The van der Waals surface area contributed by atoms with Crippen LogP contribution in [0.2, 0.25) is 0 Å². The number of hydrogen-bond donors (Lipinski definition) is 0. The van der Waals surface area contributed by atoms with Crippen molar-refractivity contribution >= 4 is 21.8 Å². The fourth-order valence-corrected chi connectivity index (χ4v) is 2.53. The number of esters is 1. The maximum Gasteiger partial charge on any atom is 0.325 e. The molecule has 3 rings (SSSR count). The topological polar surface area (TPSA) is 65.1 Å². The van der Waals surface area contributed by atoms with E-state index in [1.807, 2.05) is 25.1 Å². The third-order valence-electron chi connectivity index (χ3n) is 4.28. The summed E-state index contributed by atoms with van der Waals surface area (Å²) < 4.78 is 15.3. The summed E-state index contributed by atoms with van der Waals surface area (Å²) in [7, 11) is 0. The van der Waals surface area contributed by atoms with Gasteiger partial charge in [-0.1, -0.05) is 42.8 Å².